The molecule has 278 valence electrons. The number of aryl methyl sites for hydroxylation is 2. The molecule has 11 nitrogen and oxygen atoms in total. The summed E-state index contributed by atoms with van der Waals surface area (Å²) < 4.78 is 20.8. The number of carbonyl (C=O) groups excluding carboxylic acids is 2. The van der Waals surface area contributed by atoms with Crippen molar-refractivity contribution in [2.45, 2.75) is 51.5 Å². The Bertz CT molecular complexity index is 1880. The molecule has 12 heteroatoms. The van der Waals surface area contributed by atoms with Crippen molar-refractivity contribution in [2.24, 2.45) is 7.05 Å². The first-order valence-electron chi connectivity index (χ1n) is 18.3. The number of rotatable bonds is 10. The van der Waals surface area contributed by atoms with Gasteiger partial charge in [-0.2, -0.15) is 5.10 Å². The maximum Gasteiger partial charge on any atom is 0.262 e. The zero-order valence-corrected chi connectivity index (χ0v) is 32.3. The fourth-order valence-electron chi connectivity index (χ4n) is 7.55. The van der Waals surface area contributed by atoms with E-state index in [0.717, 1.165) is 60.7 Å². The molecule has 0 bridgehead atoms. The number of amides is 2. The van der Waals surface area contributed by atoms with Gasteiger partial charge in [0, 0.05) is 74.4 Å². The lowest BCUT2D eigenvalue weighted by atomic mass is 9.81. The van der Waals surface area contributed by atoms with Crippen LogP contribution in [0.15, 0.2) is 42.6 Å². The van der Waals surface area contributed by atoms with Crippen LogP contribution in [0.5, 0.6) is 5.75 Å². The first-order valence-corrected chi connectivity index (χ1v) is 19.1. The second-order valence-electron chi connectivity index (χ2n) is 14.3. The monoisotopic (exact) mass is 727 g/mol. The highest BCUT2D eigenvalue weighted by molar-refractivity contribution is 7.95. The van der Waals surface area contributed by atoms with Crippen molar-refractivity contribution in [3.8, 4) is 17.0 Å². The zero-order valence-electron chi connectivity index (χ0n) is 31.5. The number of allylic oxidation sites excluding steroid dienone is 1. The van der Waals surface area contributed by atoms with Crippen molar-refractivity contribution in [3.05, 3.63) is 70.5 Å². The summed E-state index contributed by atoms with van der Waals surface area (Å²) in [6.45, 7) is 7.51. The third-order valence-corrected chi connectivity index (χ3v) is 11.2. The summed E-state index contributed by atoms with van der Waals surface area (Å²) in [5, 5.41) is 5.83. The fourth-order valence-corrected chi connectivity index (χ4v) is 8.21. The number of methoxy groups -OCH3 is 1. The summed E-state index contributed by atoms with van der Waals surface area (Å²) in [6, 6.07) is 12.7. The van der Waals surface area contributed by atoms with Gasteiger partial charge in [0.05, 0.1) is 44.5 Å². The summed E-state index contributed by atoms with van der Waals surface area (Å²) in [4.78, 5) is 27.1. The molecule has 0 unspecified atom stereocenters. The second-order valence-corrected chi connectivity index (χ2v) is 15.2. The van der Waals surface area contributed by atoms with Crippen LogP contribution < -0.4 is 9.46 Å². The van der Waals surface area contributed by atoms with Crippen molar-refractivity contribution in [1.82, 2.24) is 33.2 Å². The highest BCUT2D eigenvalue weighted by atomic mass is 32.2. The van der Waals surface area contributed by atoms with E-state index in [1.54, 1.807) is 19.1 Å². The van der Waals surface area contributed by atoms with E-state index in [2.05, 4.69) is 62.0 Å². The number of hydrogen-bond acceptors (Lipinski definition) is 8. The number of benzene rings is 2. The molecule has 0 atom stereocenters. The number of carbonyl (C=O) groups is 2. The van der Waals surface area contributed by atoms with Crippen molar-refractivity contribution in [2.75, 3.05) is 67.6 Å². The van der Waals surface area contributed by atoms with Gasteiger partial charge in [-0.1, -0.05) is 25.3 Å². The molecule has 0 spiro atoms. The summed E-state index contributed by atoms with van der Waals surface area (Å²) in [5.74, 6) is 1.25. The Hall–Kier alpha value is -4.10. The van der Waals surface area contributed by atoms with Gasteiger partial charge in [0.1, 0.15) is 5.75 Å². The van der Waals surface area contributed by atoms with E-state index in [1.165, 1.54) is 72.0 Å². The molecular formula is C40H53N7O4S. The van der Waals surface area contributed by atoms with E-state index in [0.29, 0.717) is 31.2 Å². The molecule has 4 aromatic rings. The Morgan fingerprint density at radius 1 is 1.06 bits per heavy atom. The quantitative estimate of drug-likeness (QED) is 0.152. The predicted molar refractivity (Wildman–Crippen MR) is 210 cm³/mol. The Morgan fingerprint density at radius 2 is 1.83 bits per heavy atom. The molecule has 7 rings (SSSR count). The lowest BCUT2D eigenvalue weighted by Crippen LogP contribution is -2.34. The number of likely N-dealkylation sites (N-methyl/N-ethyl adjacent to an activating group) is 2. The minimum Gasteiger partial charge on any atom is -0.497 e. The highest BCUT2D eigenvalue weighted by Gasteiger charge is 2.30. The Morgan fingerprint density at radius 3 is 2.50 bits per heavy atom. The van der Waals surface area contributed by atoms with Crippen molar-refractivity contribution < 1.29 is 19.1 Å². The van der Waals surface area contributed by atoms with E-state index < -0.39 is 0 Å². The minimum absolute atomic E-state index is 0.0786. The van der Waals surface area contributed by atoms with Crippen LogP contribution in [0.3, 0.4) is 0 Å². The Kier molecular flexibility index (Phi) is 12.4. The number of nitrogens with one attached hydrogen (secondary N) is 1. The van der Waals surface area contributed by atoms with E-state index in [9.17, 15) is 9.59 Å². The van der Waals surface area contributed by atoms with Crippen LogP contribution in [0.2, 0.25) is 0 Å². The third kappa shape index (κ3) is 8.41. The lowest BCUT2D eigenvalue weighted by Gasteiger charge is -2.24. The third-order valence-electron chi connectivity index (χ3n) is 10.3. The standard InChI is InChI=1S/C34H39N5O3S.C6H14N2O/c1-22-20-35-37(2)32(22)26-17-25-18-27(41-3)10-12-28(25)33-31(23-7-5-4-6-8-23)29-11-9-24(19-30(29)39(33)21-26)34(40)36-43-38-13-15-42-16-14-38;1-7(2)4-5-8(3)6-9/h9-12,17-20,23H,4-8,13-16,21H2,1-3H3,(H,36,40);6H,4-5H2,1-3H3. The minimum atomic E-state index is -0.0786. The zero-order chi connectivity index (χ0) is 36.8. The largest absolute Gasteiger partial charge is 0.497 e. The normalized spacial score (nSPS) is 16.3. The van der Waals surface area contributed by atoms with Crippen LogP contribution in [0.25, 0.3) is 33.8 Å². The molecule has 2 aromatic carbocycles. The summed E-state index contributed by atoms with van der Waals surface area (Å²) in [7, 11) is 9.48. The summed E-state index contributed by atoms with van der Waals surface area (Å²) in [6.07, 6.45) is 11.3. The van der Waals surface area contributed by atoms with Gasteiger partial charge in [-0.15, -0.1) is 0 Å². The van der Waals surface area contributed by atoms with Gasteiger partial charge in [-0.05, 0) is 98.4 Å². The SMILES string of the molecule is CN(C)CCN(C)C=O.COc1ccc2c(c1)C=C(c1c(C)cnn1C)Cn1c-2c(C2CCCCC2)c2ccc(C(=O)NSN3CCOCC3)cc21. The molecule has 2 aromatic heterocycles. The molecule has 2 amide bonds. The Labute approximate surface area is 312 Å². The van der Waals surface area contributed by atoms with Gasteiger partial charge in [0.25, 0.3) is 5.91 Å². The first-order chi connectivity index (χ1) is 25.2. The molecule has 2 aliphatic heterocycles. The van der Waals surface area contributed by atoms with Crippen LogP contribution in [0.4, 0.5) is 0 Å². The molecule has 1 saturated heterocycles. The molecule has 1 aliphatic carbocycles. The molecular weight excluding hydrogens is 675 g/mol. The number of ether oxygens (including phenoxy) is 2. The van der Waals surface area contributed by atoms with Crippen LogP contribution in [0.1, 0.15) is 70.8 Å². The topological polar surface area (TPSA) is 97.1 Å². The molecule has 1 saturated carbocycles. The van der Waals surface area contributed by atoms with Crippen LogP contribution in [-0.2, 0) is 23.1 Å². The summed E-state index contributed by atoms with van der Waals surface area (Å²) >= 11 is 1.38. The van der Waals surface area contributed by atoms with Gasteiger partial charge in [0.2, 0.25) is 6.41 Å². The molecule has 52 heavy (non-hydrogen) atoms. The molecule has 3 aliphatic rings. The fraction of sp³-hybridized carbons (Fsp3) is 0.475. The average molecular weight is 728 g/mol. The van der Waals surface area contributed by atoms with Crippen LogP contribution >= 0.6 is 12.1 Å². The number of morpholine rings is 1. The van der Waals surface area contributed by atoms with Crippen molar-refractivity contribution in [3.63, 3.8) is 0 Å². The van der Waals surface area contributed by atoms with E-state index >= 15 is 0 Å². The van der Waals surface area contributed by atoms with Gasteiger partial charge in [0.15, 0.2) is 0 Å². The summed E-state index contributed by atoms with van der Waals surface area (Å²) in [5.41, 5.74) is 10.3. The highest BCUT2D eigenvalue weighted by Crippen LogP contribution is 2.48. The number of nitrogens with zero attached hydrogens (tertiary/aromatic N) is 6. The number of hydrogen-bond donors (Lipinski definition) is 1. The molecule has 4 heterocycles. The molecule has 2 fully saturated rings. The Balaban J connectivity index is 0.000000458. The van der Waals surface area contributed by atoms with Gasteiger partial charge in [-0.25, -0.2) is 4.31 Å². The van der Waals surface area contributed by atoms with E-state index in [1.807, 2.05) is 43.0 Å². The van der Waals surface area contributed by atoms with Gasteiger partial charge in [-0.3, -0.25) is 19.0 Å². The maximum absolute atomic E-state index is 13.4. The van der Waals surface area contributed by atoms with Crippen LogP contribution in [0, 0.1) is 6.92 Å². The first kappa shape index (κ1) is 37.7. The van der Waals surface area contributed by atoms with Crippen LogP contribution in [-0.4, -0.2) is 108 Å². The number of fused-ring (bicyclic) bond motifs is 5. The van der Waals surface area contributed by atoms with Crippen molar-refractivity contribution >= 4 is 47.0 Å². The molecule has 1 N–H and O–H groups in total. The van der Waals surface area contributed by atoms with Gasteiger partial charge < -0.3 is 23.8 Å². The molecule has 0 radical (unpaired) electrons. The van der Waals surface area contributed by atoms with E-state index in [4.69, 9.17) is 9.47 Å². The smallest absolute Gasteiger partial charge is 0.262 e. The second kappa shape index (κ2) is 17.2. The van der Waals surface area contributed by atoms with E-state index in [-0.39, 0.29) is 5.91 Å². The number of aromatic nitrogens is 3. The predicted octanol–water partition coefficient (Wildman–Crippen LogP) is 6.22. The lowest BCUT2D eigenvalue weighted by molar-refractivity contribution is -0.117. The van der Waals surface area contributed by atoms with Gasteiger partial charge >= 0.3 is 0 Å². The maximum atomic E-state index is 13.4. The van der Waals surface area contributed by atoms with Crippen molar-refractivity contribution in [1.29, 1.82) is 0 Å². The average Bonchev–Trinajstić information content (AvgIpc) is 3.61.